The molecule has 5 nitrogen and oxygen atoms in total. The van der Waals surface area contributed by atoms with E-state index in [1.807, 2.05) is 12.2 Å². The third-order valence-electron chi connectivity index (χ3n) is 9.25. The third-order valence-corrected chi connectivity index (χ3v) is 9.25. The average Bonchev–Trinajstić information content (AvgIpc) is 2.90. The second-order valence-electron chi connectivity index (χ2n) is 12.3. The molecule has 0 aliphatic heterocycles. The van der Waals surface area contributed by atoms with Crippen molar-refractivity contribution in [2.75, 3.05) is 26.4 Å². The highest BCUT2D eigenvalue weighted by Crippen LogP contribution is 2.49. The monoisotopic (exact) mass is 538 g/mol. The van der Waals surface area contributed by atoms with Crippen LogP contribution in [0.25, 0.3) is 0 Å². The number of carbonyl (C=O) groups is 2. The lowest BCUT2D eigenvalue weighted by atomic mass is 9.61. The Morgan fingerprint density at radius 3 is 1.38 bits per heavy atom. The highest BCUT2D eigenvalue weighted by atomic mass is 16.6. The SMILES string of the molecule is C=C[C@]1(C)CC[C@@H](C(=C)COC(=O)COCC(=O)OCC(=C)[C@@H]2CC[C@@](C)(C=C)[C@H](C(=C)C)C2)C[C@H]1C(=C)C. The lowest BCUT2D eigenvalue weighted by Crippen LogP contribution is -2.34. The zero-order valence-corrected chi connectivity index (χ0v) is 24.8. The average molecular weight is 539 g/mol. The molecule has 0 aromatic rings. The van der Waals surface area contributed by atoms with E-state index in [0.29, 0.717) is 11.8 Å². The summed E-state index contributed by atoms with van der Waals surface area (Å²) >= 11 is 0. The van der Waals surface area contributed by atoms with Gasteiger partial charge in [-0.2, -0.15) is 0 Å². The standard InChI is InChI=1S/C34H50O5/c1-11-33(9)15-13-27(17-29(33)23(3)4)25(7)19-38-31(35)21-37-22-32(36)39-20-26(8)28-14-16-34(10,12-2)30(18-28)24(5)6/h11-12,27-30H,1-3,5,7-8,13-22H2,4,6,9-10H3/t27-,28-,29+,30+,33-,34-/m1/s1. The quantitative estimate of drug-likeness (QED) is 0.169. The molecule has 2 rings (SSSR count). The van der Waals surface area contributed by atoms with E-state index in [1.54, 1.807) is 0 Å². The minimum atomic E-state index is -0.533. The first-order valence-corrected chi connectivity index (χ1v) is 14.1. The topological polar surface area (TPSA) is 61.8 Å². The normalized spacial score (nSPS) is 30.5. The Morgan fingerprint density at radius 1 is 0.718 bits per heavy atom. The molecule has 0 unspecified atom stereocenters. The van der Waals surface area contributed by atoms with E-state index >= 15 is 0 Å². The smallest absolute Gasteiger partial charge is 0.332 e. The summed E-state index contributed by atoms with van der Waals surface area (Å²) in [6.45, 7) is 32.9. The highest BCUT2D eigenvalue weighted by Gasteiger charge is 2.40. The molecular formula is C34H50O5. The first-order chi connectivity index (χ1) is 18.3. The fourth-order valence-corrected chi connectivity index (χ4v) is 6.30. The van der Waals surface area contributed by atoms with Crippen LogP contribution in [0.1, 0.15) is 66.2 Å². The Kier molecular flexibility index (Phi) is 11.8. The van der Waals surface area contributed by atoms with Crippen molar-refractivity contribution in [1.29, 1.82) is 0 Å². The predicted octanol–water partition coefficient (Wildman–Crippen LogP) is 7.57. The van der Waals surface area contributed by atoms with Gasteiger partial charge in [0, 0.05) is 0 Å². The van der Waals surface area contributed by atoms with Crippen molar-refractivity contribution >= 4 is 11.9 Å². The van der Waals surface area contributed by atoms with Gasteiger partial charge in [0.15, 0.2) is 0 Å². The molecule has 0 heterocycles. The van der Waals surface area contributed by atoms with Crippen LogP contribution in [0, 0.1) is 34.5 Å². The van der Waals surface area contributed by atoms with E-state index in [-0.39, 0.29) is 49.1 Å². The van der Waals surface area contributed by atoms with Gasteiger partial charge in [-0.3, -0.25) is 0 Å². The fourth-order valence-electron chi connectivity index (χ4n) is 6.30. The van der Waals surface area contributed by atoms with Gasteiger partial charge >= 0.3 is 11.9 Å². The molecule has 2 saturated carbocycles. The van der Waals surface area contributed by atoms with Gasteiger partial charge in [0.1, 0.15) is 26.4 Å². The molecule has 0 saturated heterocycles. The number of hydrogen-bond acceptors (Lipinski definition) is 5. The summed E-state index contributed by atoms with van der Waals surface area (Å²) in [5.41, 5.74) is 4.13. The predicted molar refractivity (Wildman–Crippen MR) is 159 cm³/mol. The van der Waals surface area contributed by atoms with Crippen molar-refractivity contribution in [1.82, 2.24) is 0 Å². The first-order valence-electron chi connectivity index (χ1n) is 14.1. The molecule has 0 radical (unpaired) electrons. The van der Waals surface area contributed by atoms with Crippen molar-refractivity contribution in [3.05, 3.63) is 73.9 Å². The van der Waals surface area contributed by atoms with Crippen molar-refractivity contribution in [2.24, 2.45) is 34.5 Å². The molecule has 0 bridgehead atoms. The molecule has 39 heavy (non-hydrogen) atoms. The molecule has 2 aliphatic rings. The van der Waals surface area contributed by atoms with Crippen LogP contribution in [0.15, 0.2) is 73.9 Å². The number of carbonyl (C=O) groups excluding carboxylic acids is 2. The lowest BCUT2D eigenvalue weighted by molar-refractivity contribution is -0.154. The zero-order chi connectivity index (χ0) is 29.4. The lowest BCUT2D eigenvalue weighted by Gasteiger charge is -2.43. The van der Waals surface area contributed by atoms with Crippen LogP contribution in [-0.4, -0.2) is 38.4 Å². The summed E-state index contributed by atoms with van der Waals surface area (Å²) in [6, 6.07) is 0. The largest absolute Gasteiger partial charge is 0.459 e. The molecule has 0 amide bonds. The molecule has 5 heteroatoms. The Bertz CT molecular complexity index is 912. The maximum absolute atomic E-state index is 12.2. The second kappa shape index (κ2) is 14.1. The molecule has 216 valence electrons. The van der Waals surface area contributed by atoms with Crippen molar-refractivity contribution in [3.8, 4) is 0 Å². The Balaban J connectivity index is 1.68. The summed E-state index contributed by atoms with van der Waals surface area (Å²) in [5, 5.41) is 0. The van der Waals surface area contributed by atoms with Crippen molar-refractivity contribution in [2.45, 2.75) is 66.2 Å². The van der Waals surface area contributed by atoms with E-state index < -0.39 is 11.9 Å². The van der Waals surface area contributed by atoms with Crippen LogP contribution in [0.2, 0.25) is 0 Å². The summed E-state index contributed by atoms with van der Waals surface area (Å²) in [6.07, 6.45) is 9.85. The van der Waals surface area contributed by atoms with Crippen molar-refractivity contribution in [3.63, 3.8) is 0 Å². The van der Waals surface area contributed by atoms with Gasteiger partial charge in [-0.15, -0.1) is 13.2 Å². The van der Waals surface area contributed by atoms with Gasteiger partial charge in [0.05, 0.1) is 0 Å². The maximum atomic E-state index is 12.2. The third kappa shape index (κ3) is 8.66. The Morgan fingerprint density at radius 2 is 1.08 bits per heavy atom. The van der Waals surface area contributed by atoms with Gasteiger partial charge in [-0.05, 0) is 98.0 Å². The number of allylic oxidation sites excluding steroid dienone is 4. The molecule has 0 spiro atoms. The summed E-state index contributed by atoms with van der Waals surface area (Å²) in [7, 11) is 0. The fraction of sp³-hybridized carbons (Fsp3) is 0.588. The van der Waals surface area contributed by atoms with Gasteiger partial charge < -0.3 is 14.2 Å². The van der Waals surface area contributed by atoms with Crippen LogP contribution < -0.4 is 0 Å². The van der Waals surface area contributed by atoms with E-state index in [2.05, 4.69) is 67.2 Å². The Labute approximate surface area is 236 Å². The minimum Gasteiger partial charge on any atom is -0.459 e. The molecule has 2 aliphatic carbocycles. The van der Waals surface area contributed by atoms with Gasteiger partial charge in [0.25, 0.3) is 0 Å². The van der Waals surface area contributed by atoms with Crippen LogP contribution in [0.4, 0.5) is 0 Å². The van der Waals surface area contributed by atoms with E-state index in [0.717, 1.165) is 60.8 Å². The van der Waals surface area contributed by atoms with Gasteiger partial charge in [0.2, 0.25) is 0 Å². The molecule has 6 atom stereocenters. The number of esters is 2. The van der Waals surface area contributed by atoms with Gasteiger partial charge in [-0.1, -0.05) is 63.5 Å². The van der Waals surface area contributed by atoms with Crippen LogP contribution in [0.5, 0.6) is 0 Å². The molecular weight excluding hydrogens is 488 g/mol. The zero-order valence-electron chi connectivity index (χ0n) is 24.8. The number of hydrogen-bond donors (Lipinski definition) is 0. The summed E-state index contributed by atoms with van der Waals surface area (Å²) in [5.74, 6) is 0.104. The van der Waals surface area contributed by atoms with E-state index in [9.17, 15) is 9.59 Å². The molecule has 0 aromatic heterocycles. The molecule has 2 fully saturated rings. The summed E-state index contributed by atoms with van der Waals surface area (Å²) < 4.78 is 16.0. The van der Waals surface area contributed by atoms with E-state index in [1.165, 1.54) is 0 Å². The van der Waals surface area contributed by atoms with Crippen LogP contribution in [0.3, 0.4) is 0 Å². The maximum Gasteiger partial charge on any atom is 0.332 e. The summed E-state index contributed by atoms with van der Waals surface area (Å²) in [4.78, 5) is 24.3. The Hall–Kier alpha value is -2.66. The second-order valence-corrected chi connectivity index (χ2v) is 12.3. The molecule has 0 N–H and O–H groups in total. The van der Waals surface area contributed by atoms with Crippen LogP contribution >= 0.6 is 0 Å². The van der Waals surface area contributed by atoms with Crippen molar-refractivity contribution < 1.29 is 23.8 Å². The highest BCUT2D eigenvalue weighted by molar-refractivity contribution is 5.73. The molecule has 0 aromatic carbocycles. The minimum absolute atomic E-state index is 0.0322. The van der Waals surface area contributed by atoms with E-state index in [4.69, 9.17) is 14.2 Å². The number of rotatable bonds is 14. The number of ether oxygens (including phenoxy) is 3. The van der Waals surface area contributed by atoms with Crippen LogP contribution in [-0.2, 0) is 23.8 Å². The first kappa shape index (κ1) is 32.6. The van der Waals surface area contributed by atoms with Gasteiger partial charge in [-0.25, -0.2) is 9.59 Å².